The Bertz CT molecular complexity index is 916. The predicted molar refractivity (Wildman–Crippen MR) is 98.6 cm³/mol. The van der Waals surface area contributed by atoms with Gasteiger partial charge in [0.2, 0.25) is 10.0 Å². The molecule has 0 aliphatic heterocycles. The summed E-state index contributed by atoms with van der Waals surface area (Å²) in [7, 11) is -2.38. The molecule has 2 rings (SSSR count). The Hall–Kier alpha value is -2.89. The van der Waals surface area contributed by atoms with Crippen molar-refractivity contribution < 1.29 is 22.7 Å². The molecule has 0 saturated heterocycles. The summed E-state index contributed by atoms with van der Waals surface area (Å²) in [6.45, 7) is 1.60. The first-order chi connectivity index (χ1) is 12.8. The second-order valence-corrected chi connectivity index (χ2v) is 7.59. The highest BCUT2D eigenvalue weighted by Gasteiger charge is 2.17. The van der Waals surface area contributed by atoms with E-state index in [1.54, 1.807) is 31.2 Å². The van der Waals surface area contributed by atoms with E-state index in [4.69, 9.17) is 10.00 Å². The highest BCUT2D eigenvalue weighted by molar-refractivity contribution is 7.89. The van der Waals surface area contributed by atoms with Crippen molar-refractivity contribution in [3.05, 3.63) is 59.7 Å². The molecule has 0 heterocycles. The molecule has 0 aliphatic carbocycles. The Labute approximate surface area is 158 Å². The number of carbonyl (C=O) groups is 1. The molecule has 0 saturated carbocycles. The Morgan fingerprint density at radius 1 is 1.15 bits per heavy atom. The molecule has 0 fully saturated rings. The molecule has 1 N–H and O–H groups in total. The normalized spacial score (nSPS) is 12.0. The molecule has 0 bridgehead atoms. The van der Waals surface area contributed by atoms with Crippen LogP contribution in [0.1, 0.15) is 18.1 Å². The maximum Gasteiger partial charge on any atom is 0.343 e. The van der Waals surface area contributed by atoms with Crippen LogP contribution < -0.4 is 9.46 Å². The largest absolute Gasteiger partial charge is 0.482 e. The van der Waals surface area contributed by atoms with E-state index in [1.165, 1.54) is 31.4 Å². The molecule has 8 heteroatoms. The van der Waals surface area contributed by atoms with E-state index in [2.05, 4.69) is 9.46 Å². The smallest absolute Gasteiger partial charge is 0.343 e. The number of carbonyl (C=O) groups excluding carboxylic acids is 1. The summed E-state index contributed by atoms with van der Waals surface area (Å²) in [4.78, 5) is 11.2. The third kappa shape index (κ3) is 6.09. The lowest BCUT2D eigenvalue weighted by atomic mass is 10.1. The van der Waals surface area contributed by atoms with Crippen molar-refractivity contribution >= 4 is 16.0 Å². The minimum absolute atomic E-state index is 0.111. The van der Waals surface area contributed by atoms with Crippen LogP contribution >= 0.6 is 0 Å². The fraction of sp³-hybridized carbons (Fsp3) is 0.263. The van der Waals surface area contributed by atoms with Gasteiger partial charge >= 0.3 is 5.97 Å². The van der Waals surface area contributed by atoms with Crippen molar-refractivity contribution in [3.8, 4) is 11.8 Å². The molecule has 0 aliphatic rings. The third-order valence-corrected chi connectivity index (χ3v) is 5.31. The first-order valence-corrected chi connectivity index (χ1v) is 9.63. The zero-order valence-corrected chi connectivity index (χ0v) is 15.8. The number of nitrogens with zero attached hydrogens (tertiary/aromatic N) is 1. The molecular formula is C19H20N2O5S. The van der Waals surface area contributed by atoms with Crippen LogP contribution in [0.25, 0.3) is 0 Å². The van der Waals surface area contributed by atoms with E-state index in [0.29, 0.717) is 17.7 Å². The quantitative estimate of drug-likeness (QED) is 0.694. The van der Waals surface area contributed by atoms with Crippen LogP contribution in [0.3, 0.4) is 0 Å². The lowest BCUT2D eigenvalue weighted by Gasteiger charge is -2.15. The fourth-order valence-corrected chi connectivity index (χ4v) is 3.60. The third-order valence-electron chi connectivity index (χ3n) is 3.70. The lowest BCUT2D eigenvalue weighted by Crippen LogP contribution is -2.34. The molecule has 1 atom stereocenters. The molecule has 2 aromatic rings. The van der Waals surface area contributed by atoms with Gasteiger partial charge in [0.25, 0.3) is 0 Å². The standard InChI is InChI=1S/C19H20N2O5S/c1-14(21-27(23,24)18-9-5-16(12-20)6-10-18)11-15-3-7-17(8-4-15)26-13-19(22)25-2/h3-10,14,21H,11,13H2,1-2H3/t14-/m1/s1. The van der Waals surface area contributed by atoms with Gasteiger partial charge in [-0.25, -0.2) is 17.9 Å². The van der Waals surface area contributed by atoms with Crippen molar-refractivity contribution in [2.45, 2.75) is 24.3 Å². The predicted octanol–water partition coefficient (Wildman–Crippen LogP) is 2.02. The zero-order chi connectivity index (χ0) is 19.9. The summed E-state index contributed by atoms with van der Waals surface area (Å²) >= 11 is 0. The van der Waals surface area contributed by atoms with Crippen LogP contribution in [0.5, 0.6) is 5.75 Å². The topological polar surface area (TPSA) is 105 Å². The lowest BCUT2D eigenvalue weighted by molar-refractivity contribution is -0.142. The molecule has 2 aromatic carbocycles. The summed E-state index contributed by atoms with van der Waals surface area (Å²) in [6, 6.07) is 14.4. The number of methoxy groups -OCH3 is 1. The second-order valence-electron chi connectivity index (χ2n) is 5.87. The van der Waals surface area contributed by atoms with Crippen LogP contribution in [-0.2, 0) is 26.0 Å². The fourth-order valence-electron chi connectivity index (χ4n) is 2.36. The van der Waals surface area contributed by atoms with Gasteiger partial charge in [0.1, 0.15) is 5.75 Å². The van der Waals surface area contributed by atoms with Gasteiger partial charge in [0.05, 0.1) is 23.6 Å². The minimum Gasteiger partial charge on any atom is -0.482 e. The minimum atomic E-state index is -3.67. The number of esters is 1. The molecule has 0 radical (unpaired) electrons. The average molecular weight is 388 g/mol. The van der Waals surface area contributed by atoms with Crippen LogP contribution in [0, 0.1) is 11.3 Å². The number of nitrogens with one attached hydrogen (secondary N) is 1. The van der Waals surface area contributed by atoms with Gasteiger partial charge < -0.3 is 9.47 Å². The molecule has 0 unspecified atom stereocenters. The van der Waals surface area contributed by atoms with Gasteiger partial charge in [-0.2, -0.15) is 5.26 Å². The first kappa shape index (κ1) is 20.4. The Kier molecular flexibility index (Phi) is 6.93. The van der Waals surface area contributed by atoms with Crippen LogP contribution in [0.2, 0.25) is 0 Å². The number of ether oxygens (including phenoxy) is 2. The van der Waals surface area contributed by atoms with Gasteiger partial charge in [-0.05, 0) is 55.3 Å². The summed E-state index contributed by atoms with van der Waals surface area (Å²) in [5.74, 6) is 0.0554. The number of rotatable bonds is 8. The van der Waals surface area contributed by atoms with E-state index < -0.39 is 16.0 Å². The molecule has 27 heavy (non-hydrogen) atoms. The molecule has 7 nitrogen and oxygen atoms in total. The van der Waals surface area contributed by atoms with E-state index >= 15 is 0 Å². The van der Waals surface area contributed by atoms with E-state index in [1.807, 2.05) is 6.07 Å². The first-order valence-electron chi connectivity index (χ1n) is 8.15. The van der Waals surface area contributed by atoms with Crippen LogP contribution in [0.15, 0.2) is 53.4 Å². The molecule has 0 aromatic heterocycles. The monoisotopic (exact) mass is 388 g/mol. The van der Waals surface area contributed by atoms with Crippen LogP contribution in [-0.4, -0.2) is 34.1 Å². The number of nitriles is 1. The molecule has 142 valence electrons. The van der Waals surface area contributed by atoms with Crippen molar-refractivity contribution in [2.24, 2.45) is 0 Å². The van der Waals surface area contributed by atoms with Gasteiger partial charge in [0, 0.05) is 6.04 Å². The SMILES string of the molecule is COC(=O)COc1ccc(C[C@@H](C)NS(=O)(=O)c2ccc(C#N)cc2)cc1. The summed E-state index contributed by atoms with van der Waals surface area (Å²) in [5, 5.41) is 8.79. The molecule has 0 spiro atoms. The van der Waals surface area contributed by atoms with E-state index in [0.717, 1.165) is 5.56 Å². The Morgan fingerprint density at radius 2 is 1.78 bits per heavy atom. The van der Waals surface area contributed by atoms with Gasteiger partial charge in [-0.3, -0.25) is 0 Å². The highest BCUT2D eigenvalue weighted by atomic mass is 32.2. The van der Waals surface area contributed by atoms with Gasteiger partial charge in [0.15, 0.2) is 6.61 Å². The molecule has 0 amide bonds. The summed E-state index contributed by atoms with van der Waals surface area (Å²) in [6.07, 6.45) is 0.479. The number of sulfonamides is 1. The number of benzene rings is 2. The second kappa shape index (κ2) is 9.16. The number of hydrogen-bond acceptors (Lipinski definition) is 6. The highest BCUT2D eigenvalue weighted by Crippen LogP contribution is 2.15. The zero-order valence-electron chi connectivity index (χ0n) is 15.0. The summed E-state index contributed by atoms with van der Waals surface area (Å²) < 4.78 is 37.2. The van der Waals surface area contributed by atoms with Crippen molar-refractivity contribution in [1.82, 2.24) is 4.72 Å². The van der Waals surface area contributed by atoms with E-state index in [-0.39, 0.29) is 17.5 Å². The Balaban J connectivity index is 1.95. The van der Waals surface area contributed by atoms with Crippen molar-refractivity contribution in [1.29, 1.82) is 5.26 Å². The van der Waals surface area contributed by atoms with Crippen LogP contribution in [0.4, 0.5) is 0 Å². The van der Waals surface area contributed by atoms with Crippen molar-refractivity contribution in [2.75, 3.05) is 13.7 Å². The number of hydrogen-bond donors (Lipinski definition) is 1. The molecular weight excluding hydrogens is 368 g/mol. The van der Waals surface area contributed by atoms with Crippen molar-refractivity contribution in [3.63, 3.8) is 0 Å². The van der Waals surface area contributed by atoms with Gasteiger partial charge in [-0.1, -0.05) is 12.1 Å². The van der Waals surface area contributed by atoms with Gasteiger partial charge in [-0.15, -0.1) is 0 Å². The Morgan fingerprint density at radius 3 is 2.33 bits per heavy atom. The maximum absolute atomic E-state index is 12.4. The maximum atomic E-state index is 12.4. The average Bonchev–Trinajstić information content (AvgIpc) is 2.66. The van der Waals surface area contributed by atoms with E-state index in [9.17, 15) is 13.2 Å². The summed E-state index contributed by atoms with van der Waals surface area (Å²) in [5.41, 5.74) is 1.31.